The zero-order valence-corrected chi connectivity index (χ0v) is 18.0. The van der Waals surface area contributed by atoms with Gasteiger partial charge in [0.2, 0.25) is 15.9 Å². The molecule has 0 aliphatic carbocycles. The fourth-order valence-corrected chi connectivity index (χ4v) is 6.06. The second-order valence-electron chi connectivity index (χ2n) is 6.65. The molecular formula is C18H15N3O6S3. The minimum Gasteiger partial charge on any atom is -0.298 e. The van der Waals surface area contributed by atoms with Gasteiger partial charge in [-0.1, -0.05) is 11.3 Å². The average molecular weight is 466 g/mol. The van der Waals surface area contributed by atoms with E-state index in [1.807, 2.05) is 0 Å². The molecule has 1 saturated heterocycles. The summed E-state index contributed by atoms with van der Waals surface area (Å²) in [7, 11) is -7.02. The lowest BCUT2D eigenvalue weighted by Gasteiger charge is -2.15. The lowest BCUT2D eigenvalue weighted by molar-refractivity contribution is -0.116. The first-order chi connectivity index (χ1) is 14.0. The molecule has 156 valence electrons. The van der Waals surface area contributed by atoms with Crippen LogP contribution in [0.25, 0.3) is 10.2 Å². The molecule has 1 aliphatic heterocycles. The third-order valence-electron chi connectivity index (χ3n) is 4.45. The number of rotatable bonds is 4. The Morgan fingerprint density at radius 2 is 1.87 bits per heavy atom. The number of amides is 2. The number of hydrogen-bond acceptors (Lipinski definition) is 8. The Morgan fingerprint density at radius 1 is 1.17 bits per heavy atom. The van der Waals surface area contributed by atoms with Gasteiger partial charge in [0, 0.05) is 18.2 Å². The fourth-order valence-electron chi connectivity index (χ4n) is 2.98. The average Bonchev–Trinajstić information content (AvgIpc) is 3.19. The van der Waals surface area contributed by atoms with Crippen LogP contribution in [0.15, 0.2) is 47.4 Å². The SMILES string of the molecule is CS(=O)(=O)c1ccc2nc(NC(=O)c3ccc(N4C(=O)CCS4(=O)=O)cc3)sc2c1. The van der Waals surface area contributed by atoms with E-state index in [-0.39, 0.29) is 28.3 Å². The standard InChI is InChI=1S/C18H15N3O6S3/c1-29(24,25)13-6-7-14-15(10-13)28-18(19-14)20-17(23)11-2-4-12(5-3-11)21-16(22)8-9-30(21,26)27/h2-7,10H,8-9H2,1H3,(H,19,20,23). The topological polar surface area (TPSA) is 131 Å². The summed E-state index contributed by atoms with van der Waals surface area (Å²) >= 11 is 1.13. The van der Waals surface area contributed by atoms with E-state index in [2.05, 4.69) is 10.3 Å². The van der Waals surface area contributed by atoms with Crippen LogP contribution >= 0.6 is 11.3 Å². The number of carbonyl (C=O) groups excluding carboxylic acids is 2. The zero-order valence-electron chi connectivity index (χ0n) is 15.5. The highest BCUT2D eigenvalue weighted by Crippen LogP contribution is 2.29. The molecule has 4 rings (SSSR count). The summed E-state index contributed by atoms with van der Waals surface area (Å²) in [6.07, 6.45) is 1.05. The van der Waals surface area contributed by atoms with Gasteiger partial charge in [0.1, 0.15) is 0 Å². The predicted octanol–water partition coefficient (Wildman–Crippen LogP) is 2.02. The minimum atomic E-state index is -3.67. The van der Waals surface area contributed by atoms with Gasteiger partial charge in [-0.2, -0.15) is 0 Å². The van der Waals surface area contributed by atoms with Crippen LogP contribution in [0, 0.1) is 0 Å². The van der Waals surface area contributed by atoms with Crippen LogP contribution < -0.4 is 9.62 Å². The highest BCUT2D eigenvalue weighted by Gasteiger charge is 2.36. The molecule has 1 N–H and O–H groups in total. The molecule has 0 atom stereocenters. The molecule has 2 aromatic carbocycles. The fraction of sp³-hybridized carbons (Fsp3) is 0.167. The van der Waals surface area contributed by atoms with Crippen LogP contribution in [0.5, 0.6) is 0 Å². The lowest BCUT2D eigenvalue weighted by Crippen LogP contribution is -2.29. The molecule has 0 saturated carbocycles. The molecule has 1 aromatic heterocycles. The van der Waals surface area contributed by atoms with Crippen LogP contribution in [0.3, 0.4) is 0 Å². The van der Waals surface area contributed by atoms with Crippen molar-refractivity contribution in [1.82, 2.24) is 4.98 Å². The largest absolute Gasteiger partial charge is 0.298 e. The number of thiazole rings is 1. The van der Waals surface area contributed by atoms with E-state index in [9.17, 15) is 26.4 Å². The molecule has 9 nitrogen and oxygen atoms in total. The maximum atomic E-state index is 12.5. The number of sulfone groups is 1. The van der Waals surface area contributed by atoms with E-state index >= 15 is 0 Å². The van der Waals surface area contributed by atoms with Crippen molar-refractivity contribution in [2.24, 2.45) is 0 Å². The Kier molecular flexibility index (Phi) is 4.87. The van der Waals surface area contributed by atoms with E-state index in [4.69, 9.17) is 0 Å². The van der Waals surface area contributed by atoms with Crippen LogP contribution in [0.4, 0.5) is 10.8 Å². The smallest absolute Gasteiger partial charge is 0.257 e. The Labute approximate surface area is 176 Å². The number of aromatic nitrogens is 1. The summed E-state index contributed by atoms with van der Waals surface area (Å²) in [5.41, 5.74) is 0.983. The van der Waals surface area contributed by atoms with Crippen molar-refractivity contribution in [3.8, 4) is 0 Å². The Balaban J connectivity index is 1.55. The molecule has 3 aromatic rings. The summed E-state index contributed by atoms with van der Waals surface area (Å²) in [5, 5.41) is 2.93. The van der Waals surface area contributed by atoms with Gasteiger partial charge in [0.05, 0.1) is 26.6 Å². The van der Waals surface area contributed by atoms with Crippen LogP contribution in [-0.2, 0) is 24.7 Å². The quantitative estimate of drug-likeness (QED) is 0.624. The summed E-state index contributed by atoms with van der Waals surface area (Å²) in [6, 6.07) is 10.1. The third-order valence-corrected chi connectivity index (χ3v) is 8.19. The van der Waals surface area contributed by atoms with E-state index in [0.29, 0.717) is 15.3 Å². The number of nitrogens with one attached hydrogen (secondary N) is 1. The number of anilines is 2. The molecule has 0 bridgehead atoms. The highest BCUT2D eigenvalue weighted by atomic mass is 32.2. The molecule has 12 heteroatoms. The van der Waals surface area contributed by atoms with E-state index in [1.54, 1.807) is 6.07 Å². The predicted molar refractivity (Wildman–Crippen MR) is 113 cm³/mol. The summed E-state index contributed by atoms with van der Waals surface area (Å²) in [5.74, 6) is -1.21. The van der Waals surface area contributed by atoms with Gasteiger partial charge in [-0.3, -0.25) is 14.9 Å². The third kappa shape index (κ3) is 3.80. The first-order valence-corrected chi connectivity index (χ1v) is 12.9. The van der Waals surface area contributed by atoms with Crippen molar-refractivity contribution in [2.75, 3.05) is 21.6 Å². The van der Waals surface area contributed by atoms with Crippen molar-refractivity contribution in [3.05, 3.63) is 48.0 Å². The number of carbonyl (C=O) groups is 2. The molecule has 0 unspecified atom stereocenters. The number of fused-ring (bicyclic) bond motifs is 1. The number of sulfonamides is 1. The minimum absolute atomic E-state index is 0.0662. The maximum Gasteiger partial charge on any atom is 0.257 e. The molecule has 1 fully saturated rings. The van der Waals surface area contributed by atoms with Gasteiger partial charge < -0.3 is 0 Å². The van der Waals surface area contributed by atoms with E-state index in [1.165, 1.54) is 36.4 Å². The summed E-state index contributed by atoms with van der Waals surface area (Å²) in [6.45, 7) is 0. The highest BCUT2D eigenvalue weighted by molar-refractivity contribution is 7.94. The van der Waals surface area contributed by atoms with Gasteiger partial charge in [-0.15, -0.1) is 0 Å². The molecule has 1 aliphatic rings. The van der Waals surface area contributed by atoms with Crippen LogP contribution in [0.2, 0.25) is 0 Å². The lowest BCUT2D eigenvalue weighted by atomic mass is 10.2. The van der Waals surface area contributed by atoms with Gasteiger partial charge in [0.25, 0.3) is 5.91 Å². The number of benzene rings is 2. The van der Waals surface area contributed by atoms with Crippen molar-refractivity contribution < 1.29 is 26.4 Å². The number of nitrogens with zero attached hydrogens (tertiary/aromatic N) is 2. The van der Waals surface area contributed by atoms with E-state index in [0.717, 1.165) is 21.9 Å². The summed E-state index contributed by atoms with van der Waals surface area (Å²) < 4.78 is 48.7. The molecular weight excluding hydrogens is 450 g/mol. The second-order valence-corrected chi connectivity index (χ2v) is 11.6. The monoisotopic (exact) mass is 465 g/mol. The van der Waals surface area contributed by atoms with Gasteiger partial charge in [-0.25, -0.2) is 26.1 Å². The van der Waals surface area contributed by atoms with Crippen molar-refractivity contribution >= 4 is 64.0 Å². The molecule has 2 heterocycles. The van der Waals surface area contributed by atoms with Crippen molar-refractivity contribution in [2.45, 2.75) is 11.3 Å². The molecule has 30 heavy (non-hydrogen) atoms. The van der Waals surface area contributed by atoms with Crippen LogP contribution in [0.1, 0.15) is 16.8 Å². The van der Waals surface area contributed by atoms with Crippen molar-refractivity contribution in [3.63, 3.8) is 0 Å². The Hall–Kier alpha value is -2.83. The first-order valence-electron chi connectivity index (χ1n) is 8.62. The second kappa shape index (κ2) is 7.15. The van der Waals surface area contributed by atoms with Gasteiger partial charge in [-0.05, 0) is 42.5 Å². The van der Waals surface area contributed by atoms with Gasteiger partial charge >= 0.3 is 0 Å². The van der Waals surface area contributed by atoms with Crippen molar-refractivity contribution in [1.29, 1.82) is 0 Å². The Morgan fingerprint density at radius 3 is 2.47 bits per heavy atom. The normalized spacial score (nSPS) is 16.2. The number of hydrogen-bond donors (Lipinski definition) is 1. The van der Waals surface area contributed by atoms with E-state index < -0.39 is 31.7 Å². The molecule has 0 spiro atoms. The first kappa shape index (κ1) is 20.4. The zero-order chi connectivity index (χ0) is 21.7. The van der Waals surface area contributed by atoms with Crippen LogP contribution in [-0.4, -0.2) is 45.6 Å². The molecule has 2 amide bonds. The molecule has 0 radical (unpaired) electrons. The maximum absolute atomic E-state index is 12.5. The Bertz CT molecular complexity index is 1390. The van der Waals surface area contributed by atoms with Gasteiger partial charge in [0.15, 0.2) is 15.0 Å². The summed E-state index contributed by atoms with van der Waals surface area (Å²) in [4.78, 5) is 28.8.